The van der Waals surface area contributed by atoms with Gasteiger partial charge in [0, 0.05) is 18.0 Å². The van der Waals surface area contributed by atoms with Crippen molar-refractivity contribution in [2.24, 2.45) is 5.92 Å². The van der Waals surface area contributed by atoms with Crippen molar-refractivity contribution in [3.8, 4) is 0 Å². The molecule has 1 fully saturated rings. The van der Waals surface area contributed by atoms with Gasteiger partial charge < -0.3 is 5.32 Å². The van der Waals surface area contributed by atoms with E-state index in [1.54, 1.807) is 0 Å². The molecule has 1 saturated carbocycles. The van der Waals surface area contributed by atoms with Gasteiger partial charge in [0.05, 0.1) is 0 Å². The first-order valence-electron chi connectivity index (χ1n) is 7.88. The van der Waals surface area contributed by atoms with Gasteiger partial charge in [0.2, 0.25) is 0 Å². The lowest BCUT2D eigenvalue weighted by Gasteiger charge is -2.32. The van der Waals surface area contributed by atoms with Gasteiger partial charge >= 0.3 is 0 Å². The van der Waals surface area contributed by atoms with E-state index < -0.39 is 0 Å². The van der Waals surface area contributed by atoms with Crippen LogP contribution in [0, 0.1) is 5.92 Å². The fourth-order valence-corrected chi connectivity index (χ4v) is 3.21. The van der Waals surface area contributed by atoms with E-state index >= 15 is 0 Å². The fourth-order valence-electron chi connectivity index (χ4n) is 3.21. The van der Waals surface area contributed by atoms with Crippen LogP contribution in [-0.4, -0.2) is 12.6 Å². The van der Waals surface area contributed by atoms with Crippen molar-refractivity contribution in [2.75, 3.05) is 6.54 Å². The van der Waals surface area contributed by atoms with Gasteiger partial charge in [0.1, 0.15) is 0 Å². The summed E-state index contributed by atoms with van der Waals surface area (Å²) in [4.78, 5) is 0. The van der Waals surface area contributed by atoms with E-state index in [4.69, 9.17) is 0 Å². The Labute approximate surface area is 118 Å². The summed E-state index contributed by atoms with van der Waals surface area (Å²) >= 11 is 0. The first kappa shape index (κ1) is 14.6. The molecule has 1 nitrogen and oxygen atoms in total. The molecule has 1 atom stereocenters. The maximum absolute atomic E-state index is 3.79. The van der Waals surface area contributed by atoms with Gasteiger partial charge in [-0.1, -0.05) is 63.4 Å². The molecule has 19 heavy (non-hydrogen) atoms. The van der Waals surface area contributed by atoms with E-state index in [1.165, 1.54) is 37.7 Å². The van der Waals surface area contributed by atoms with Crippen LogP contribution in [-0.2, 0) is 5.41 Å². The van der Waals surface area contributed by atoms with Gasteiger partial charge in [0.15, 0.2) is 0 Å². The first-order valence-corrected chi connectivity index (χ1v) is 7.88. The SMILES string of the molecule is CC(NCC(C)(C)c1ccccc1)C1CCCCC1. The van der Waals surface area contributed by atoms with E-state index in [2.05, 4.69) is 56.4 Å². The van der Waals surface area contributed by atoms with Gasteiger partial charge in [-0.15, -0.1) is 0 Å². The summed E-state index contributed by atoms with van der Waals surface area (Å²) in [5, 5.41) is 3.79. The standard InChI is InChI=1S/C18H29N/c1-15(16-10-6-4-7-11-16)19-14-18(2,3)17-12-8-5-9-13-17/h5,8-9,12-13,15-16,19H,4,6-7,10-11,14H2,1-3H3. The average Bonchev–Trinajstić information content (AvgIpc) is 2.47. The van der Waals surface area contributed by atoms with Crippen LogP contribution >= 0.6 is 0 Å². The van der Waals surface area contributed by atoms with Crippen molar-refractivity contribution in [1.29, 1.82) is 0 Å². The van der Waals surface area contributed by atoms with Crippen molar-refractivity contribution in [2.45, 2.75) is 64.3 Å². The molecule has 0 bridgehead atoms. The molecule has 0 aromatic heterocycles. The molecule has 2 rings (SSSR count). The zero-order chi connectivity index (χ0) is 13.7. The minimum Gasteiger partial charge on any atom is -0.313 e. The molecule has 0 heterocycles. The Morgan fingerprint density at radius 1 is 1.11 bits per heavy atom. The zero-order valence-electron chi connectivity index (χ0n) is 12.8. The number of benzene rings is 1. The van der Waals surface area contributed by atoms with E-state index in [-0.39, 0.29) is 5.41 Å². The maximum Gasteiger partial charge on any atom is 0.00673 e. The lowest BCUT2D eigenvalue weighted by molar-refractivity contribution is 0.269. The highest BCUT2D eigenvalue weighted by Gasteiger charge is 2.24. The summed E-state index contributed by atoms with van der Waals surface area (Å²) in [7, 11) is 0. The zero-order valence-corrected chi connectivity index (χ0v) is 12.8. The predicted molar refractivity (Wildman–Crippen MR) is 83.5 cm³/mol. The molecular formula is C18H29N. The highest BCUT2D eigenvalue weighted by atomic mass is 14.9. The van der Waals surface area contributed by atoms with Crippen molar-refractivity contribution in [3.05, 3.63) is 35.9 Å². The molecule has 1 unspecified atom stereocenters. The van der Waals surface area contributed by atoms with Crippen molar-refractivity contribution in [3.63, 3.8) is 0 Å². The van der Waals surface area contributed by atoms with Gasteiger partial charge in [-0.2, -0.15) is 0 Å². The van der Waals surface area contributed by atoms with E-state index in [0.29, 0.717) is 6.04 Å². The number of hydrogen-bond donors (Lipinski definition) is 1. The van der Waals surface area contributed by atoms with Crippen molar-refractivity contribution < 1.29 is 0 Å². The Kier molecular flexibility index (Phi) is 5.04. The van der Waals surface area contributed by atoms with Gasteiger partial charge in [0.25, 0.3) is 0 Å². The summed E-state index contributed by atoms with van der Waals surface area (Å²) < 4.78 is 0. The van der Waals surface area contributed by atoms with Crippen molar-refractivity contribution >= 4 is 0 Å². The summed E-state index contributed by atoms with van der Waals surface area (Å²) in [5.74, 6) is 0.889. The monoisotopic (exact) mass is 259 g/mol. The normalized spacial score (nSPS) is 19.3. The fraction of sp³-hybridized carbons (Fsp3) is 0.667. The van der Waals surface area contributed by atoms with E-state index in [0.717, 1.165) is 12.5 Å². The van der Waals surface area contributed by atoms with Crippen LogP contribution in [0.4, 0.5) is 0 Å². The molecule has 1 aliphatic carbocycles. The van der Waals surface area contributed by atoms with E-state index in [1.807, 2.05) is 0 Å². The summed E-state index contributed by atoms with van der Waals surface area (Å²) in [6, 6.07) is 11.5. The second-order valence-electron chi connectivity index (χ2n) is 6.82. The third-order valence-corrected chi connectivity index (χ3v) is 4.78. The average molecular weight is 259 g/mol. The summed E-state index contributed by atoms with van der Waals surface area (Å²) in [6.45, 7) is 8.11. The molecule has 1 aromatic rings. The minimum atomic E-state index is 0.212. The Bertz CT molecular complexity index is 363. The molecule has 1 aliphatic rings. The van der Waals surface area contributed by atoms with Crippen LogP contribution in [0.25, 0.3) is 0 Å². The predicted octanol–water partition coefficient (Wildman–Crippen LogP) is 4.52. The van der Waals surface area contributed by atoms with Crippen LogP contribution in [0.3, 0.4) is 0 Å². The number of hydrogen-bond acceptors (Lipinski definition) is 1. The van der Waals surface area contributed by atoms with Crippen LogP contribution in [0.2, 0.25) is 0 Å². The second-order valence-corrected chi connectivity index (χ2v) is 6.82. The Hall–Kier alpha value is -0.820. The van der Waals surface area contributed by atoms with Crippen LogP contribution < -0.4 is 5.32 Å². The lowest BCUT2D eigenvalue weighted by Crippen LogP contribution is -2.41. The molecule has 0 spiro atoms. The van der Waals surface area contributed by atoms with E-state index in [9.17, 15) is 0 Å². The molecule has 1 aromatic carbocycles. The molecule has 1 heteroatoms. The third-order valence-electron chi connectivity index (χ3n) is 4.78. The van der Waals surface area contributed by atoms with Gasteiger partial charge in [-0.05, 0) is 31.2 Å². The Morgan fingerprint density at radius 2 is 1.74 bits per heavy atom. The lowest BCUT2D eigenvalue weighted by atomic mass is 9.82. The van der Waals surface area contributed by atoms with Crippen molar-refractivity contribution in [1.82, 2.24) is 5.32 Å². The van der Waals surface area contributed by atoms with Gasteiger partial charge in [-0.25, -0.2) is 0 Å². The third kappa shape index (κ3) is 4.07. The van der Waals surface area contributed by atoms with Crippen LogP contribution in [0.1, 0.15) is 58.4 Å². The number of nitrogens with one attached hydrogen (secondary N) is 1. The Balaban J connectivity index is 1.86. The molecular weight excluding hydrogens is 230 g/mol. The van der Waals surface area contributed by atoms with Crippen LogP contribution in [0.5, 0.6) is 0 Å². The molecule has 1 N–H and O–H groups in total. The molecule has 0 radical (unpaired) electrons. The highest BCUT2D eigenvalue weighted by Crippen LogP contribution is 2.27. The molecule has 0 aliphatic heterocycles. The topological polar surface area (TPSA) is 12.0 Å². The molecule has 106 valence electrons. The smallest absolute Gasteiger partial charge is 0.00673 e. The second kappa shape index (κ2) is 6.56. The number of rotatable bonds is 5. The van der Waals surface area contributed by atoms with Crippen LogP contribution in [0.15, 0.2) is 30.3 Å². The summed E-state index contributed by atoms with van der Waals surface area (Å²) in [6.07, 6.45) is 7.14. The first-order chi connectivity index (χ1) is 9.09. The summed E-state index contributed by atoms with van der Waals surface area (Å²) in [5.41, 5.74) is 1.64. The largest absolute Gasteiger partial charge is 0.313 e. The quantitative estimate of drug-likeness (QED) is 0.819. The Morgan fingerprint density at radius 3 is 2.37 bits per heavy atom. The molecule has 0 amide bonds. The maximum atomic E-state index is 3.79. The molecule has 0 saturated heterocycles. The minimum absolute atomic E-state index is 0.212. The van der Waals surface area contributed by atoms with Gasteiger partial charge in [-0.3, -0.25) is 0 Å². The highest BCUT2D eigenvalue weighted by molar-refractivity contribution is 5.23.